The molecule has 1 saturated heterocycles. The largest absolute Gasteiger partial charge is 0.416 e. The Labute approximate surface area is 202 Å². The Morgan fingerprint density at radius 3 is 2.61 bits per heavy atom. The summed E-state index contributed by atoms with van der Waals surface area (Å²) in [6.07, 6.45) is -1.40. The number of rotatable bonds is 5. The zero-order valence-corrected chi connectivity index (χ0v) is 19.2. The molecule has 12 heteroatoms. The highest BCUT2D eigenvalue weighted by Crippen LogP contribution is 2.35. The number of hydrogen-bond donors (Lipinski definition) is 1. The third-order valence-corrected chi connectivity index (χ3v) is 6.03. The number of carbonyl (C=O) groups excluding carboxylic acids is 2. The average Bonchev–Trinajstić information content (AvgIpc) is 3.24. The monoisotopic (exact) mass is 516 g/mol. The molecule has 33 heavy (non-hydrogen) atoms. The van der Waals surface area contributed by atoms with Gasteiger partial charge in [-0.15, -0.1) is 12.4 Å². The number of thioether (sulfide) groups is 1. The van der Waals surface area contributed by atoms with Crippen molar-refractivity contribution in [2.45, 2.75) is 12.7 Å². The molecule has 6 nitrogen and oxygen atoms in total. The molecule has 2 aromatic carbocycles. The van der Waals surface area contributed by atoms with Gasteiger partial charge in [0.05, 0.1) is 28.7 Å². The molecule has 1 aliphatic rings. The summed E-state index contributed by atoms with van der Waals surface area (Å²) < 4.78 is 41.6. The van der Waals surface area contributed by atoms with Crippen LogP contribution in [0.1, 0.15) is 16.7 Å². The van der Waals surface area contributed by atoms with Crippen LogP contribution in [0, 0.1) is 0 Å². The van der Waals surface area contributed by atoms with E-state index in [0.29, 0.717) is 16.5 Å². The lowest BCUT2D eigenvalue weighted by molar-refractivity contribution is -0.138. The second kappa shape index (κ2) is 9.76. The number of halogens is 5. The maximum Gasteiger partial charge on any atom is 0.416 e. The summed E-state index contributed by atoms with van der Waals surface area (Å²) >= 11 is 6.59. The maximum absolute atomic E-state index is 13.4. The van der Waals surface area contributed by atoms with E-state index in [1.54, 1.807) is 24.3 Å². The number of carbonyl (C=O) groups is 2. The Kier molecular flexibility index (Phi) is 7.42. The number of imide groups is 1. The van der Waals surface area contributed by atoms with Gasteiger partial charge in [0.15, 0.2) is 0 Å². The van der Waals surface area contributed by atoms with E-state index in [1.165, 1.54) is 23.0 Å². The number of nitrogens with zero attached hydrogens (tertiary/aromatic N) is 3. The Morgan fingerprint density at radius 1 is 1.15 bits per heavy atom. The zero-order valence-electron chi connectivity index (χ0n) is 16.8. The summed E-state index contributed by atoms with van der Waals surface area (Å²) in [5.41, 5.74) is 5.97. The third kappa shape index (κ3) is 5.19. The molecule has 0 spiro atoms. The van der Waals surface area contributed by atoms with Gasteiger partial charge in [-0.25, -0.2) is 0 Å². The van der Waals surface area contributed by atoms with Crippen molar-refractivity contribution in [1.29, 1.82) is 0 Å². The summed E-state index contributed by atoms with van der Waals surface area (Å²) in [6, 6.07) is 8.82. The van der Waals surface area contributed by atoms with Crippen LogP contribution in [0.4, 0.5) is 18.0 Å². The summed E-state index contributed by atoms with van der Waals surface area (Å²) in [7, 11) is 0. The smallest absolute Gasteiger partial charge is 0.329 e. The maximum atomic E-state index is 13.4. The first-order valence-corrected chi connectivity index (χ1v) is 10.6. The molecule has 0 atom stereocenters. The lowest BCUT2D eigenvalue weighted by Gasteiger charge is -2.14. The van der Waals surface area contributed by atoms with Crippen LogP contribution in [-0.2, 0) is 17.5 Å². The van der Waals surface area contributed by atoms with Crippen LogP contribution in [0.25, 0.3) is 17.0 Å². The summed E-state index contributed by atoms with van der Waals surface area (Å²) in [4.78, 5) is 25.7. The van der Waals surface area contributed by atoms with Crippen LogP contribution >= 0.6 is 35.8 Å². The highest BCUT2D eigenvalue weighted by Gasteiger charge is 2.35. The van der Waals surface area contributed by atoms with E-state index < -0.39 is 17.6 Å². The van der Waals surface area contributed by atoms with E-state index in [9.17, 15) is 22.8 Å². The van der Waals surface area contributed by atoms with Crippen LogP contribution in [0.2, 0.25) is 5.02 Å². The van der Waals surface area contributed by atoms with Crippen LogP contribution < -0.4 is 5.73 Å². The van der Waals surface area contributed by atoms with Crippen molar-refractivity contribution in [2.24, 2.45) is 5.73 Å². The third-order valence-electron chi connectivity index (χ3n) is 4.89. The number of hydrogen-bond acceptors (Lipinski definition) is 5. The molecule has 0 saturated carbocycles. The summed E-state index contributed by atoms with van der Waals surface area (Å²) in [6.45, 7) is 0.241. The fraction of sp³-hybridized carbons (Fsp3) is 0.190. The molecule has 3 aromatic rings. The van der Waals surface area contributed by atoms with Crippen LogP contribution in [0.15, 0.2) is 47.5 Å². The van der Waals surface area contributed by atoms with Gasteiger partial charge < -0.3 is 5.73 Å². The highest BCUT2D eigenvalue weighted by molar-refractivity contribution is 8.18. The van der Waals surface area contributed by atoms with E-state index >= 15 is 0 Å². The minimum Gasteiger partial charge on any atom is -0.329 e. The molecule has 4 rings (SSSR count). The van der Waals surface area contributed by atoms with Gasteiger partial charge in [-0.3, -0.25) is 19.2 Å². The quantitative estimate of drug-likeness (QED) is 0.473. The molecule has 2 heterocycles. The number of aromatic nitrogens is 2. The molecule has 0 unspecified atom stereocenters. The standard InChI is InChI=1S/C21H16ClF3N4O2S.ClH/c22-15-3-2-13(16(9-15)21(23,24)25)11-29-17-4-1-12(7-14(17)10-27-29)8-18-19(30)28(6-5-26)20(31)32-18;/h1-4,7-10H,5-6,11,26H2;1H. The average molecular weight is 517 g/mol. The van der Waals surface area contributed by atoms with Gasteiger partial charge in [-0.05, 0) is 53.2 Å². The van der Waals surface area contributed by atoms with E-state index in [2.05, 4.69) is 5.10 Å². The lowest BCUT2D eigenvalue weighted by Crippen LogP contribution is -2.33. The topological polar surface area (TPSA) is 81.2 Å². The number of fused-ring (bicyclic) bond motifs is 1. The van der Waals surface area contributed by atoms with Gasteiger partial charge in [0.1, 0.15) is 0 Å². The number of alkyl halides is 3. The molecular weight excluding hydrogens is 500 g/mol. The molecule has 2 N–H and O–H groups in total. The Hall–Kier alpha value is -2.53. The van der Waals surface area contributed by atoms with Gasteiger partial charge in [-0.2, -0.15) is 18.3 Å². The van der Waals surface area contributed by atoms with Gasteiger partial charge >= 0.3 is 6.18 Å². The fourth-order valence-corrected chi connectivity index (χ4v) is 4.44. The second-order valence-electron chi connectivity index (χ2n) is 7.04. The first-order chi connectivity index (χ1) is 15.2. The van der Waals surface area contributed by atoms with Gasteiger partial charge in [-0.1, -0.05) is 23.7 Å². The summed E-state index contributed by atoms with van der Waals surface area (Å²) in [5, 5.41) is 4.54. The van der Waals surface area contributed by atoms with Crippen LogP contribution in [0.5, 0.6) is 0 Å². The molecule has 2 amide bonds. The second-order valence-corrected chi connectivity index (χ2v) is 8.47. The van der Waals surface area contributed by atoms with E-state index in [1.807, 2.05) is 0 Å². The Balaban J connectivity index is 0.00000306. The zero-order chi connectivity index (χ0) is 23.0. The minimum atomic E-state index is -4.54. The van der Waals surface area contributed by atoms with Crippen molar-refractivity contribution in [3.05, 3.63) is 69.2 Å². The van der Waals surface area contributed by atoms with Gasteiger partial charge in [0.25, 0.3) is 11.1 Å². The first kappa shape index (κ1) is 25.1. The molecule has 0 radical (unpaired) electrons. The Morgan fingerprint density at radius 2 is 1.91 bits per heavy atom. The Bertz CT molecular complexity index is 1260. The predicted octanol–water partition coefficient (Wildman–Crippen LogP) is 5.17. The number of benzene rings is 2. The van der Waals surface area contributed by atoms with Crippen molar-refractivity contribution in [3.63, 3.8) is 0 Å². The van der Waals surface area contributed by atoms with E-state index in [0.717, 1.165) is 22.7 Å². The highest BCUT2D eigenvalue weighted by atomic mass is 35.5. The molecule has 174 valence electrons. The first-order valence-electron chi connectivity index (χ1n) is 9.44. The van der Waals surface area contributed by atoms with E-state index in [-0.39, 0.29) is 52.8 Å². The van der Waals surface area contributed by atoms with Crippen molar-refractivity contribution >= 4 is 63.9 Å². The number of amides is 2. The number of nitrogens with two attached hydrogens (primary N) is 1. The van der Waals surface area contributed by atoms with Crippen molar-refractivity contribution in [2.75, 3.05) is 13.1 Å². The molecule has 0 aliphatic carbocycles. The molecule has 1 aromatic heterocycles. The van der Waals surface area contributed by atoms with Crippen LogP contribution in [0.3, 0.4) is 0 Å². The molecule has 0 bridgehead atoms. The van der Waals surface area contributed by atoms with E-state index in [4.69, 9.17) is 17.3 Å². The van der Waals surface area contributed by atoms with Gasteiger partial charge in [0, 0.05) is 23.5 Å². The summed E-state index contributed by atoms with van der Waals surface area (Å²) in [5.74, 6) is -0.399. The normalized spacial score (nSPS) is 15.5. The SMILES string of the molecule is Cl.NCCN1C(=O)SC(=Cc2ccc3c(cnn3Cc3ccc(Cl)cc3C(F)(F)F)c2)C1=O. The van der Waals surface area contributed by atoms with Crippen molar-refractivity contribution in [3.8, 4) is 0 Å². The predicted molar refractivity (Wildman–Crippen MR) is 124 cm³/mol. The molecule has 1 aliphatic heterocycles. The fourth-order valence-electron chi connectivity index (χ4n) is 3.41. The van der Waals surface area contributed by atoms with Gasteiger partial charge in [0.2, 0.25) is 0 Å². The minimum absolute atomic E-state index is 0. The van der Waals surface area contributed by atoms with Crippen molar-refractivity contribution < 1.29 is 22.8 Å². The lowest BCUT2D eigenvalue weighted by atomic mass is 10.1. The molecular formula is C21H17Cl2F3N4O2S. The van der Waals surface area contributed by atoms with Crippen molar-refractivity contribution in [1.82, 2.24) is 14.7 Å². The molecule has 1 fully saturated rings. The van der Waals surface area contributed by atoms with Crippen LogP contribution in [-0.4, -0.2) is 38.9 Å².